The molecule has 2 aromatic rings. The number of amides is 1. The molecule has 0 saturated carbocycles. The van der Waals surface area contributed by atoms with Crippen LogP contribution in [0.15, 0.2) is 16.9 Å². The van der Waals surface area contributed by atoms with Gasteiger partial charge in [-0.25, -0.2) is 0 Å². The van der Waals surface area contributed by atoms with Gasteiger partial charge >= 0.3 is 0 Å². The summed E-state index contributed by atoms with van der Waals surface area (Å²) in [6.07, 6.45) is 0. The van der Waals surface area contributed by atoms with E-state index in [0.29, 0.717) is 17.4 Å². The lowest BCUT2D eigenvalue weighted by molar-refractivity contribution is 0.100. The minimum atomic E-state index is -0.639. The largest absolute Gasteiger partial charge is 0.366 e. The number of fused-ring (bicyclic) bond motifs is 1. The van der Waals surface area contributed by atoms with E-state index in [0.717, 1.165) is 0 Å². The fraction of sp³-hybridized carbons (Fsp3) is 0.200. The summed E-state index contributed by atoms with van der Waals surface area (Å²) in [7, 11) is 0. The molecule has 0 aliphatic rings. The Morgan fingerprint density at radius 3 is 3.00 bits per heavy atom. The number of nitrogens with zero attached hydrogens (tertiary/aromatic N) is 1. The third-order valence-electron chi connectivity index (χ3n) is 2.29. The highest BCUT2D eigenvalue weighted by molar-refractivity contribution is 6.05. The number of benzene rings is 1. The molecular weight excluding hydrogens is 194 g/mol. The topological polar surface area (TPSA) is 80.9 Å². The number of carbonyl (C=O) groups excluding carboxylic acids is 1. The molecule has 1 heterocycles. The number of primary amides is 1. The van der Waals surface area contributed by atoms with Gasteiger partial charge in [0.25, 0.3) is 5.56 Å². The zero-order valence-corrected chi connectivity index (χ0v) is 8.20. The first-order chi connectivity index (χ1) is 7.15. The predicted molar refractivity (Wildman–Crippen MR) is 55.6 cm³/mol. The van der Waals surface area contributed by atoms with Crippen molar-refractivity contribution in [2.24, 2.45) is 5.73 Å². The van der Waals surface area contributed by atoms with Crippen LogP contribution in [0.5, 0.6) is 0 Å². The minimum absolute atomic E-state index is 0.140. The average Bonchev–Trinajstić information content (AvgIpc) is 2.55. The fourth-order valence-electron chi connectivity index (χ4n) is 1.62. The summed E-state index contributed by atoms with van der Waals surface area (Å²) in [6, 6.07) is 5.99. The second-order valence-electron chi connectivity index (χ2n) is 3.16. The van der Waals surface area contributed by atoms with Crippen LogP contribution in [0.3, 0.4) is 0 Å². The molecule has 0 aliphatic carbocycles. The number of carbonyl (C=O) groups is 1. The molecule has 77 valence electrons. The van der Waals surface area contributed by atoms with Crippen molar-refractivity contribution in [1.82, 2.24) is 9.78 Å². The lowest BCUT2D eigenvalue weighted by Gasteiger charge is -1.99. The highest BCUT2D eigenvalue weighted by Crippen LogP contribution is 2.13. The first-order valence-corrected chi connectivity index (χ1v) is 4.58. The fourth-order valence-corrected chi connectivity index (χ4v) is 1.62. The Kier molecular flexibility index (Phi) is 2.07. The third-order valence-corrected chi connectivity index (χ3v) is 2.29. The Hall–Kier alpha value is -2.04. The molecule has 0 unspecified atom stereocenters. The van der Waals surface area contributed by atoms with Crippen molar-refractivity contribution in [2.45, 2.75) is 13.5 Å². The number of aromatic nitrogens is 2. The van der Waals surface area contributed by atoms with Crippen LogP contribution < -0.4 is 11.3 Å². The van der Waals surface area contributed by atoms with Gasteiger partial charge in [-0.05, 0) is 19.1 Å². The van der Waals surface area contributed by atoms with Gasteiger partial charge in [-0.2, -0.15) is 0 Å². The third kappa shape index (κ3) is 1.32. The Morgan fingerprint density at radius 2 is 2.40 bits per heavy atom. The van der Waals surface area contributed by atoms with Crippen molar-refractivity contribution in [3.8, 4) is 0 Å². The summed E-state index contributed by atoms with van der Waals surface area (Å²) in [5.74, 6) is -0.639. The molecule has 5 heteroatoms. The summed E-state index contributed by atoms with van der Waals surface area (Å²) in [5, 5.41) is 2.94. The van der Waals surface area contributed by atoms with E-state index in [1.165, 1.54) is 0 Å². The van der Waals surface area contributed by atoms with Crippen LogP contribution in [0.25, 0.3) is 10.9 Å². The summed E-state index contributed by atoms with van der Waals surface area (Å²) < 4.78 is 1.66. The van der Waals surface area contributed by atoms with E-state index < -0.39 is 5.91 Å². The molecule has 0 spiro atoms. The van der Waals surface area contributed by atoms with E-state index in [9.17, 15) is 9.59 Å². The number of aromatic amines is 1. The SMILES string of the molecule is CCn1[nH]c(=O)c2c(C(N)=O)[c]ccc21. The molecule has 3 N–H and O–H groups in total. The van der Waals surface area contributed by atoms with Gasteiger partial charge in [0.15, 0.2) is 0 Å². The molecule has 0 fully saturated rings. The van der Waals surface area contributed by atoms with Gasteiger partial charge in [-0.3, -0.25) is 19.4 Å². The molecule has 0 saturated heterocycles. The first-order valence-electron chi connectivity index (χ1n) is 4.58. The maximum Gasteiger partial charge on any atom is 0.272 e. The molecule has 5 nitrogen and oxygen atoms in total. The number of hydrogen-bond acceptors (Lipinski definition) is 2. The van der Waals surface area contributed by atoms with Gasteiger partial charge in [-0.1, -0.05) is 6.07 Å². The maximum atomic E-state index is 11.6. The quantitative estimate of drug-likeness (QED) is 0.735. The van der Waals surface area contributed by atoms with Crippen LogP contribution in [-0.2, 0) is 6.54 Å². The monoisotopic (exact) mass is 204 g/mol. The normalized spacial score (nSPS) is 10.7. The number of aryl methyl sites for hydroxylation is 1. The van der Waals surface area contributed by atoms with Crippen LogP contribution >= 0.6 is 0 Å². The van der Waals surface area contributed by atoms with E-state index >= 15 is 0 Å². The molecule has 1 aromatic carbocycles. The Labute approximate surface area is 85.5 Å². The highest BCUT2D eigenvalue weighted by atomic mass is 16.1. The van der Waals surface area contributed by atoms with Crippen LogP contribution in [0.4, 0.5) is 0 Å². The molecule has 0 aliphatic heterocycles. The molecule has 0 atom stereocenters. The standard InChI is InChI=1S/C10H10N3O2/c1-2-13-7-5-3-4-6(9(11)14)8(7)10(15)12-13/h3,5H,2H2,1H3,(H2,11,14)(H,12,15). The van der Waals surface area contributed by atoms with Gasteiger partial charge in [0.1, 0.15) is 0 Å². The lowest BCUT2D eigenvalue weighted by atomic mass is 10.1. The van der Waals surface area contributed by atoms with Crippen molar-refractivity contribution in [3.05, 3.63) is 34.1 Å². The van der Waals surface area contributed by atoms with Crippen molar-refractivity contribution in [3.63, 3.8) is 0 Å². The number of rotatable bonds is 2. The lowest BCUT2D eigenvalue weighted by Crippen LogP contribution is -2.14. The summed E-state index contributed by atoms with van der Waals surface area (Å²) in [5.41, 5.74) is 5.68. The van der Waals surface area contributed by atoms with Gasteiger partial charge in [0.2, 0.25) is 5.91 Å². The maximum absolute atomic E-state index is 11.6. The minimum Gasteiger partial charge on any atom is -0.366 e. The summed E-state index contributed by atoms with van der Waals surface area (Å²) >= 11 is 0. The first kappa shape index (κ1) is 9.51. The second kappa shape index (κ2) is 3.27. The van der Waals surface area contributed by atoms with Crippen LogP contribution in [0.2, 0.25) is 0 Å². The van der Waals surface area contributed by atoms with Gasteiger partial charge in [-0.15, -0.1) is 0 Å². The van der Waals surface area contributed by atoms with Crippen molar-refractivity contribution in [1.29, 1.82) is 0 Å². The molecule has 15 heavy (non-hydrogen) atoms. The van der Waals surface area contributed by atoms with E-state index in [4.69, 9.17) is 5.73 Å². The second-order valence-corrected chi connectivity index (χ2v) is 3.16. The molecule has 2 rings (SSSR count). The Bertz CT molecular complexity index is 580. The van der Waals surface area contributed by atoms with Crippen LogP contribution in [-0.4, -0.2) is 15.7 Å². The van der Waals surface area contributed by atoms with Crippen molar-refractivity contribution in [2.75, 3.05) is 0 Å². The molecule has 1 amide bonds. The number of hydrogen-bond donors (Lipinski definition) is 2. The zero-order chi connectivity index (χ0) is 11.0. The number of nitrogens with two attached hydrogens (primary N) is 1. The molecule has 1 radical (unpaired) electrons. The van der Waals surface area contributed by atoms with Crippen molar-refractivity contribution >= 4 is 16.8 Å². The predicted octanol–water partition coefficient (Wildman–Crippen LogP) is 0.249. The van der Waals surface area contributed by atoms with E-state index in [1.807, 2.05) is 6.92 Å². The summed E-state index contributed by atoms with van der Waals surface area (Å²) in [4.78, 5) is 22.7. The van der Waals surface area contributed by atoms with Crippen LogP contribution in [0.1, 0.15) is 17.3 Å². The smallest absolute Gasteiger partial charge is 0.272 e. The number of nitrogens with one attached hydrogen (secondary N) is 1. The summed E-state index contributed by atoms with van der Waals surface area (Å²) in [6.45, 7) is 2.52. The van der Waals surface area contributed by atoms with Gasteiger partial charge < -0.3 is 5.73 Å². The molecular formula is C10H10N3O2. The highest BCUT2D eigenvalue weighted by Gasteiger charge is 2.13. The van der Waals surface area contributed by atoms with E-state index in [1.54, 1.807) is 16.8 Å². The zero-order valence-electron chi connectivity index (χ0n) is 8.20. The van der Waals surface area contributed by atoms with E-state index in [2.05, 4.69) is 11.2 Å². The van der Waals surface area contributed by atoms with Crippen LogP contribution in [0, 0.1) is 6.07 Å². The molecule has 0 bridgehead atoms. The van der Waals surface area contributed by atoms with E-state index in [-0.39, 0.29) is 11.1 Å². The van der Waals surface area contributed by atoms with Gasteiger partial charge in [0, 0.05) is 6.54 Å². The van der Waals surface area contributed by atoms with Gasteiger partial charge in [0.05, 0.1) is 16.5 Å². The number of H-pyrrole nitrogens is 1. The van der Waals surface area contributed by atoms with Crippen molar-refractivity contribution < 1.29 is 4.79 Å². The Morgan fingerprint density at radius 1 is 1.67 bits per heavy atom. The Balaban J connectivity index is 2.92. The average molecular weight is 204 g/mol. The molecule has 1 aromatic heterocycles.